The van der Waals surface area contributed by atoms with E-state index in [2.05, 4.69) is 36.6 Å². The summed E-state index contributed by atoms with van der Waals surface area (Å²) in [6.45, 7) is 0.102. The smallest absolute Gasteiger partial charge is 0.264 e. The Bertz CT molecular complexity index is 3060. The quantitative estimate of drug-likeness (QED) is 0.0522. The Balaban J connectivity index is 0.811. The predicted molar refractivity (Wildman–Crippen MR) is 257 cm³/mol. The molecular formula is C45H48N10O11S3. The lowest BCUT2D eigenvalue weighted by molar-refractivity contribution is -0.136. The number of likely N-dealkylation sites (N-methyl/N-ethyl adjacent to an activating group) is 1. The molecule has 3 aromatic heterocycles. The Morgan fingerprint density at radius 2 is 1.62 bits per heavy atom. The minimum absolute atomic E-state index is 0.00275. The van der Waals surface area contributed by atoms with Gasteiger partial charge in [-0.1, -0.05) is 24.3 Å². The number of benzene rings is 2. The van der Waals surface area contributed by atoms with Crippen LogP contribution in [0.15, 0.2) is 84.6 Å². The summed E-state index contributed by atoms with van der Waals surface area (Å²) in [4.78, 5) is 99.8. The summed E-state index contributed by atoms with van der Waals surface area (Å²) in [6.07, 6.45) is 6.06. The lowest BCUT2D eigenvalue weighted by Crippen LogP contribution is -2.54. The van der Waals surface area contributed by atoms with E-state index in [1.54, 1.807) is 35.7 Å². The van der Waals surface area contributed by atoms with Gasteiger partial charge in [-0.15, -0.1) is 11.3 Å². The fraction of sp³-hybridized carbons (Fsp3) is 0.311. The minimum atomic E-state index is -3.55. The van der Waals surface area contributed by atoms with E-state index in [9.17, 15) is 50.4 Å². The third-order valence-electron chi connectivity index (χ3n) is 11.1. The number of carbonyl (C=O) groups is 7. The monoisotopic (exact) mass is 1000 g/mol. The normalized spacial score (nSPS) is 14.8. The van der Waals surface area contributed by atoms with Crippen molar-refractivity contribution in [2.75, 3.05) is 66.5 Å². The molecule has 0 bridgehead atoms. The van der Waals surface area contributed by atoms with Gasteiger partial charge in [-0.3, -0.25) is 47.8 Å². The first-order valence-electron chi connectivity index (χ1n) is 21.6. The number of hydrogen-bond donors (Lipinski definition) is 5. The van der Waals surface area contributed by atoms with Crippen molar-refractivity contribution in [2.24, 2.45) is 0 Å². The van der Waals surface area contributed by atoms with Crippen LogP contribution >= 0.6 is 11.3 Å². The van der Waals surface area contributed by atoms with E-state index in [-0.39, 0.29) is 79.5 Å². The SMILES string of the molecule is CN(CC(=O)NCCCCS(=O)(=O)CCCNc1cccc2c1C(=O)N(C1CCC(=O)NC1=O)C2=O)c1cc(-c2cccc(-c3csc(NC(=O)CNC(=O)c4ccn(S(C)(=O)=O)c4)n3)c2)ccn1. The second-order valence-corrected chi connectivity index (χ2v) is 21.3. The molecule has 1 saturated heterocycles. The summed E-state index contributed by atoms with van der Waals surface area (Å²) in [7, 11) is -5.26. The maximum Gasteiger partial charge on any atom is 0.264 e. The molecule has 21 nitrogen and oxygen atoms in total. The number of piperidine rings is 1. The molecule has 0 spiro atoms. The Hall–Kier alpha value is -7.31. The van der Waals surface area contributed by atoms with Gasteiger partial charge < -0.3 is 26.2 Å². The molecule has 0 aliphatic carbocycles. The van der Waals surface area contributed by atoms with Gasteiger partial charge >= 0.3 is 0 Å². The molecule has 7 rings (SSSR count). The maximum absolute atomic E-state index is 13.3. The lowest BCUT2D eigenvalue weighted by atomic mass is 10.0. The number of amides is 7. The predicted octanol–water partition coefficient (Wildman–Crippen LogP) is 2.50. The second kappa shape index (κ2) is 21.3. The number of nitrogens with one attached hydrogen (secondary N) is 5. The standard InChI is InChI=1S/C45H48N10O11S3/c1-53(26-39(58)48-16-3-4-20-69(65,66)21-7-17-46-33-11-6-10-32-40(33)44(62)55(43(32)61)35-12-13-37(56)51-42(35)60)36-23-29(14-18-47-36)28-8-5-9-30(22-28)34-27-67-45(50-34)52-38(57)24-49-41(59)31-15-19-54(25-31)68(2,63)64/h5-6,8-11,14-15,18-19,22-23,25,27,35,46H,3-4,7,12-13,16-17,20-21,24,26H2,1-2H3,(H,48,58)(H,49,59)(H,50,52,57)(H,51,56,60). The van der Waals surface area contributed by atoms with E-state index in [1.807, 2.05) is 36.4 Å². The van der Waals surface area contributed by atoms with Crippen LogP contribution < -0.4 is 31.5 Å². The van der Waals surface area contributed by atoms with E-state index in [4.69, 9.17) is 0 Å². The van der Waals surface area contributed by atoms with Crippen molar-refractivity contribution in [2.45, 2.75) is 38.1 Å². The van der Waals surface area contributed by atoms with Crippen molar-refractivity contribution in [1.82, 2.24) is 34.8 Å². The van der Waals surface area contributed by atoms with Gasteiger partial charge in [-0.25, -0.2) is 26.8 Å². The van der Waals surface area contributed by atoms with Crippen LogP contribution in [0.5, 0.6) is 0 Å². The van der Waals surface area contributed by atoms with Crippen LogP contribution in [0.2, 0.25) is 0 Å². The van der Waals surface area contributed by atoms with Crippen molar-refractivity contribution in [3.05, 3.63) is 101 Å². The number of imide groups is 2. The van der Waals surface area contributed by atoms with E-state index in [1.165, 1.54) is 29.7 Å². The van der Waals surface area contributed by atoms with Crippen LogP contribution in [0.3, 0.4) is 0 Å². The maximum atomic E-state index is 13.3. The molecule has 7 amide bonds. The lowest BCUT2D eigenvalue weighted by Gasteiger charge is -2.27. The number of aromatic nitrogens is 3. The number of anilines is 3. The van der Waals surface area contributed by atoms with Crippen LogP contribution in [0.1, 0.15) is 63.2 Å². The first-order valence-corrected chi connectivity index (χ1v) is 26.2. The fourth-order valence-electron chi connectivity index (χ4n) is 7.58. The van der Waals surface area contributed by atoms with Crippen molar-refractivity contribution >= 4 is 89.2 Å². The zero-order chi connectivity index (χ0) is 49.5. The first-order chi connectivity index (χ1) is 32.9. The average molecular weight is 1000 g/mol. The highest BCUT2D eigenvalue weighted by molar-refractivity contribution is 7.91. The van der Waals surface area contributed by atoms with Crippen LogP contribution in [-0.4, -0.2) is 134 Å². The topological polar surface area (TPSA) is 285 Å². The highest BCUT2D eigenvalue weighted by atomic mass is 32.2. The second-order valence-electron chi connectivity index (χ2n) is 16.3. The van der Waals surface area contributed by atoms with Gasteiger partial charge in [0.15, 0.2) is 5.13 Å². The Morgan fingerprint density at radius 3 is 2.39 bits per heavy atom. The number of carbonyl (C=O) groups excluding carboxylic acids is 7. The number of fused-ring (bicyclic) bond motifs is 1. The molecule has 1 fully saturated rings. The molecule has 24 heteroatoms. The van der Waals surface area contributed by atoms with Crippen molar-refractivity contribution < 1.29 is 50.4 Å². The fourth-order valence-corrected chi connectivity index (χ4v) is 10.3. The van der Waals surface area contributed by atoms with Gasteiger partial charge in [-0.2, -0.15) is 0 Å². The zero-order valence-electron chi connectivity index (χ0n) is 37.4. The van der Waals surface area contributed by atoms with Gasteiger partial charge in [0.05, 0.1) is 53.2 Å². The summed E-state index contributed by atoms with van der Waals surface area (Å²) >= 11 is 1.20. The largest absolute Gasteiger partial charge is 0.384 e. The summed E-state index contributed by atoms with van der Waals surface area (Å²) in [6, 6.07) is 16.2. The zero-order valence-corrected chi connectivity index (χ0v) is 39.8. The van der Waals surface area contributed by atoms with E-state index >= 15 is 0 Å². The Labute approximate surface area is 401 Å². The number of pyridine rings is 1. The van der Waals surface area contributed by atoms with E-state index in [0.29, 0.717) is 35.2 Å². The summed E-state index contributed by atoms with van der Waals surface area (Å²) in [5.74, 6) is -3.53. The van der Waals surface area contributed by atoms with E-state index < -0.39 is 61.3 Å². The van der Waals surface area contributed by atoms with Crippen molar-refractivity contribution in [3.63, 3.8) is 0 Å². The Kier molecular flexibility index (Phi) is 15.3. The molecule has 2 aromatic carbocycles. The van der Waals surface area contributed by atoms with Crippen molar-refractivity contribution in [3.8, 4) is 22.4 Å². The molecule has 5 heterocycles. The highest BCUT2D eigenvalue weighted by Gasteiger charge is 2.45. The molecule has 1 atom stereocenters. The van der Waals surface area contributed by atoms with E-state index in [0.717, 1.165) is 38.0 Å². The molecule has 362 valence electrons. The first kappa shape index (κ1) is 49.6. The van der Waals surface area contributed by atoms with Gasteiger partial charge in [0, 0.05) is 61.8 Å². The third-order valence-corrected chi connectivity index (χ3v) is 14.7. The molecule has 2 aliphatic rings. The molecule has 0 saturated carbocycles. The van der Waals surface area contributed by atoms with Crippen LogP contribution in [0.25, 0.3) is 22.4 Å². The number of unbranched alkanes of at least 4 members (excludes halogenated alkanes) is 1. The van der Waals surface area contributed by atoms with Crippen LogP contribution in [-0.2, 0) is 39.0 Å². The molecule has 5 aromatic rings. The molecule has 5 N–H and O–H groups in total. The summed E-state index contributed by atoms with van der Waals surface area (Å²) in [5.41, 5.74) is 3.70. The number of sulfone groups is 1. The summed E-state index contributed by atoms with van der Waals surface area (Å²) in [5, 5.41) is 15.3. The molecular weight excluding hydrogens is 953 g/mol. The number of rotatable bonds is 21. The third kappa shape index (κ3) is 12.4. The van der Waals surface area contributed by atoms with Gasteiger partial charge in [0.2, 0.25) is 33.7 Å². The number of nitrogens with zero attached hydrogens (tertiary/aromatic N) is 5. The van der Waals surface area contributed by atoms with Crippen LogP contribution in [0, 0.1) is 0 Å². The average Bonchev–Trinajstić information content (AvgIpc) is 4.07. The van der Waals surface area contributed by atoms with Crippen LogP contribution in [0.4, 0.5) is 16.6 Å². The van der Waals surface area contributed by atoms with Gasteiger partial charge in [-0.05, 0) is 73.2 Å². The molecule has 2 aliphatic heterocycles. The number of thiazole rings is 1. The minimum Gasteiger partial charge on any atom is -0.384 e. The van der Waals surface area contributed by atoms with Crippen molar-refractivity contribution in [1.29, 1.82) is 0 Å². The molecule has 69 heavy (non-hydrogen) atoms. The van der Waals surface area contributed by atoms with Gasteiger partial charge in [0.25, 0.3) is 17.7 Å². The number of hydrogen-bond acceptors (Lipinski definition) is 16. The van der Waals surface area contributed by atoms with Gasteiger partial charge in [0.1, 0.15) is 21.7 Å². The highest BCUT2D eigenvalue weighted by Crippen LogP contribution is 2.33. The Morgan fingerprint density at radius 1 is 0.870 bits per heavy atom. The summed E-state index contributed by atoms with van der Waals surface area (Å²) < 4.78 is 49.9. The molecule has 0 radical (unpaired) electrons. The molecule has 1 unspecified atom stereocenters.